The maximum Gasteiger partial charge on any atom is 0.573 e. The van der Waals surface area contributed by atoms with E-state index >= 15 is 0 Å². The number of rotatable bonds is 6. The van der Waals surface area contributed by atoms with Crippen molar-refractivity contribution in [2.24, 2.45) is 5.92 Å². The highest BCUT2D eigenvalue weighted by atomic mass is 19.4. The molecule has 0 heterocycles. The minimum Gasteiger partial charge on any atom is -0.487 e. The molecule has 3 nitrogen and oxygen atoms in total. The first kappa shape index (κ1) is 15.9. The minimum absolute atomic E-state index is 0.0136. The molecule has 21 heavy (non-hydrogen) atoms. The van der Waals surface area contributed by atoms with Gasteiger partial charge in [0.15, 0.2) is 11.5 Å². The van der Waals surface area contributed by atoms with Gasteiger partial charge in [0, 0.05) is 0 Å². The smallest absolute Gasteiger partial charge is 0.487 e. The summed E-state index contributed by atoms with van der Waals surface area (Å²) in [4.78, 5) is 0. The molecule has 1 aliphatic carbocycles. The fourth-order valence-corrected chi connectivity index (χ4v) is 2.66. The second-order valence-corrected chi connectivity index (χ2v) is 5.35. The second-order valence-electron chi connectivity index (χ2n) is 5.35. The van der Waals surface area contributed by atoms with Crippen molar-refractivity contribution in [3.05, 3.63) is 24.3 Å². The Hall–Kier alpha value is -1.43. The van der Waals surface area contributed by atoms with Gasteiger partial charge in [-0.15, -0.1) is 13.2 Å². The Morgan fingerprint density at radius 3 is 2.38 bits per heavy atom. The van der Waals surface area contributed by atoms with Crippen LogP contribution in [0.4, 0.5) is 13.2 Å². The fourth-order valence-electron chi connectivity index (χ4n) is 2.66. The Bertz CT molecular complexity index is 442. The number of ether oxygens (including phenoxy) is 2. The Morgan fingerprint density at radius 2 is 1.76 bits per heavy atom. The molecule has 1 aromatic rings. The van der Waals surface area contributed by atoms with E-state index in [1.54, 1.807) is 6.07 Å². The van der Waals surface area contributed by atoms with Gasteiger partial charge in [-0.2, -0.15) is 0 Å². The average Bonchev–Trinajstić information content (AvgIpc) is 2.89. The first-order valence-electron chi connectivity index (χ1n) is 7.09. The van der Waals surface area contributed by atoms with Gasteiger partial charge >= 0.3 is 6.36 Å². The van der Waals surface area contributed by atoms with Crippen molar-refractivity contribution in [3.63, 3.8) is 0 Å². The Kier molecular flexibility index (Phi) is 5.33. The highest BCUT2D eigenvalue weighted by molar-refractivity contribution is 5.39. The SMILES string of the molecule is OC(COc1ccccc1OC(F)(F)F)CC1CCCC1. The molecule has 1 atom stereocenters. The van der Waals surface area contributed by atoms with Crippen molar-refractivity contribution in [3.8, 4) is 11.5 Å². The number of benzene rings is 1. The molecule has 1 fully saturated rings. The maximum absolute atomic E-state index is 12.3. The van der Waals surface area contributed by atoms with Crippen LogP contribution in [0.25, 0.3) is 0 Å². The number of alkyl halides is 3. The largest absolute Gasteiger partial charge is 0.573 e. The van der Waals surface area contributed by atoms with E-state index in [0.717, 1.165) is 12.8 Å². The average molecular weight is 304 g/mol. The molecular weight excluding hydrogens is 285 g/mol. The monoisotopic (exact) mass is 304 g/mol. The third-order valence-electron chi connectivity index (χ3n) is 3.59. The van der Waals surface area contributed by atoms with Crippen molar-refractivity contribution in [2.75, 3.05) is 6.61 Å². The molecule has 0 aliphatic heterocycles. The number of hydrogen-bond acceptors (Lipinski definition) is 3. The highest BCUT2D eigenvalue weighted by Gasteiger charge is 2.32. The van der Waals surface area contributed by atoms with Gasteiger partial charge in [0.1, 0.15) is 6.61 Å². The fraction of sp³-hybridized carbons (Fsp3) is 0.600. The summed E-state index contributed by atoms with van der Waals surface area (Å²) in [5, 5.41) is 9.91. The van der Waals surface area contributed by atoms with Gasteiger partial charge < -0.3 is 14.6 Å². The lowest BCUT2D eigenvalue weighted by molar-refractivity contribution is -0.275. The van der Waals surface area contributed by atoms with Gasteiger partial charge in [0.2, 0.25) is 0 Å². The van der Waals surface area contributed by atoms with Crippen LogP contribution in [0.2, 0.25) is 0 Å². The van der Waals surface area contributed by atoms with E-state index in [2.05, 4.69) is 4.74 Å². The lowest BCUT2D eigenvalue weighted by Crippen LogP contribution is -2.21. The molecule has 1 saturated carbocycles. The topological polar surface area (TPSA) is 38.7 Å². The second kappa shape index (κ2) is 7.02. The predicted molar refractivity (Wildman–Crippen MR) is 71.2 cm³/mol. The Balaban J connectivity index is 1.87. The first-order valence-corrected chi connectivity index (χ1v) is 7.09. The molecule has 1 aliphatic rings. The van der Waals surface area contributed by atoms with Crippen molar-refractivity contribution >= 4 is 0 Å². The molecule has 0 spiro atoms. The van der Waals surface area contributed by atoms with E-state index < -0.39 is 18.2 Å². The van der Waals surface area contributed by atoms with E-state index in [0.29, 0.717) is 12.3 Å². The molecule has 0 amide bonds. The number of aliphatic hydroxyl groups excluding tert-OH is 1. The summed E-state index contributed by atoms with van der Waals surface area (Å²) in [5.74, 6) is 0.0867. The summed E-state index contributed by atoms with van der Waals surface area (Å²) < 4.78 is 46.0. The van der Waals surface area contributed by atoms with Crippen LogP contribution in [-0.2, 0) is 0 Å². The molecule has 0 aromatic heterocycles. The van der Waals surface area contributed by atoms with Crippen LogP contribution < -0.4 is 9.47 Å². The van der Waals surface area contributed by atoms with E-state index in [9.17, 15) is 18.3 Å². The summed E-state index contributed by atoms with van der Waals surface area (Å²) in [6, 6.07) is 5.57. The van der Waals surface area contributed by atoms with E-state index in [4.69, 9.17) is 4.74 Å². The number of halogens is 3. The number of para-hydroxylation sites is 2. The first-order chi connectivity index (χ1) is 9.94. The summed E-state index contributed by atoms with van der Waals surface area (Å²) in [6.07, 6.45) is -0.243. The summed E-state index contributed by atoms with van der Waals surface area (Å²) >= 11 is 0. The van der Waals surface area contributed by atoms with Crippen molar-refractivity contribution in [2.45, 2.75) is 44.6 Å². The van der Waals surface area contributed by atoms with Crippen molar-refractivity contribution in [1.29, 1.82) is 0 Å². The number of hydrogen-bond donors (Lipinski definition) is 1. The Labute approximate surface area is 121 Å². The highest BCUT2D eigenvalue weighted by Crippen LogP contribution is 2.32. The van der Waals surface area contributed by atoms with Gasteiger partial charge in [-0.05, 0) is 24.5 Å². The van der Waals surface area contributed by atoms with E-state index in [1.807, 2.05) is 0 Å². The molecule has 6 heteroatoms. The van der Waals surface area contributed by atoms with Crippen molar-refractivity contribution in [1.82, 2.24) is 0 Å². The van der Waals surface area contributed by atoms with Crippen LogP contribution in [0.5, 0.6) is 11.5 Å². The molecular formula is C15H19F3O3. The van der Waals surface area contributed by atoms with Crippen molar-refractivity contribution < 1.29 is 27.8 Å². The quantitative estimate of drug-likeness (QED) is 0.866. The van der Waals surface area contributed by atoms with Crippen LogP contribution in [0.15, 0.2) is 24.3 Å². The molecule has 0 bridgehead atoms. The van der Waals surface area contributed by atoms with E-state index in [-0.39, 0.29) is 12.4 Å². The maximum atomic E-state index is 12.3. The summed E-state index contributed by atoms with van der Waals surface area (Å²) in [5.41, 5.74) is 0. The normalized spacial score (nSPS) is 17.7. The lowest BCUT2D eigenvalue weighted by Gasteiger charge is -2.18. The number of aliphatic hydroxyl groups is 1. The standard InChI is InChI=1S/C15H19F3O3/c16-15(17,18)21-14-8-4-3-7-13(14)20-10-12(19)9-11-5-1-2-6-11/h3-4,7-8,11-12,19H,1-2,5-6,9-10H2. The molecule has 118 valence electrons. The third kappa shape index (κ3) is 5.46. The van der Waals surface area contributed by atoms with Crippen LogP contribution in [0.1, 0.15) is 32.1 Å². The molecule has 1 aromatic carbocycles. The molecule has 0 radical (unpaired) electrons. The summed E-state index contributed by atoms with van der Waals surface area (Å²) in [7, 11) is 0. The van der Waals surface area contributed by atoms with Crippen LogP contribution >= 0.6 is 0 Å². The van der Waals surface area contributed by atoms with E-state index in [1.165, 1.54) is 31.0 Å². The zero-order valence-electron chi connectivity index (χ0n) is 11.6. The van der Waals surface area contributed by atoms with Crippen LogP contribution in [-0.4, -0.2) is 24.2 Å². The molecule has 0 saturated heterocycles. The van der Waals surface area contributed by atoms with Gasteiger partial charge in [-0.1, -0.05) is 37.8 Å². The minimum atomic E-state index is -4.76. The van der Waals surface area contributed by atoms with Crippen LogP contribution in [0, 0.1) is 5.92 Å². The van der Waals surface area contributed by atoms with Crippen LogP contribution in [0.3, 0.4) is 0 Å². The van der Waals surface area contributed by atoms with Gasteiger partial charge in [0.25, 0.3) is 0 Å². The zero-order valence-corrected chi connectivity index (χ0v) is 11.6. The third-order valence-corrected chi connectivity index (χ3v) is 3.59. The summed E-state index contributed by atoms with van der Waals surface area (Å²) in [6.45, 7) is -0.0330. The van der Waals surface area contributed by atoms with Gasteiger partial charge in [-0.3, -0.25) is 0 Å². The zero-order chi connectivity index (χ0) is 15.3. The Morgan fingerprint density at radius 1 is 1.14 bits per heavy atom. The lowest BCUT2D eigenvalue weighted by atomic mass is 10.0. The van der Waals surface area contributed by atoms with Gasteiger partial charge in [0.05, 0.1) is 6.10 Å². The predicted octanol–water partition coefficient (Wildman–Crippen LogP) is 3.91. The molecule has 1 unspecified atom stereocenters. The molecule has 2 rings (SSSR count). The van der Waals surface area contributed by atoms with Gasteiger partial charge in [-0.25, -0.2) is 0 Å². The molecule has 1 N–H and O–H groups in total.